The topological polar surface area (TPSA) is 69.0 Å². The maximum atomic E-state index is 12.3. The highest BCUT2D eigenvalue weighted by molar-refractivity contribution is 7.99. The Morgan fingerprint density at radius 1 is 1.11 bits per heavy atom. The fourth-order valence-electron chi connectivity index (χ4n) is 2.71. The molecular weight excluding hydrogens is 372 g/mol. The third kappa shape index (κ3) is 5.68. The van der Waals surface area contributed by atoms with Crippen molar-refractivity contribution in [3.05, 3.63) is 71.5 Å². The first kappa shape index (κ1) is 20.1. The second-order valence-electron chi connectivity index (χ2n) is 6.41. The lowest BCUT2D eigenvalue weighted by atomic mass is 10.1. The third-order valence-corrected chi connectivity index (χ3v) is 5.15. The zero-order valence-electron chi connectivity index (χ0n) is 16.1. The van der Waals surface area contributed by atoms with Gasteiger partial charge in [-0.2, -0.15) is 0 Å². The zero-order valence-corrected chi connectivity index (χ0v) is 16.9. The van der Waals surface area contributed by atoms with Crippen molar-refractivity contribution in [1.82, 2.24) is 14.8 Å². The van der Waals surface area contributed by atoms with Gasteiger partial charge >= 0.3 is 0 Å². The third-order valence-electron chi connectivity index (χ3n) is 4.19. The molecule has 0 bridgehead atoms. The van der Waals surface area contributed by atoms with Crippen molar-refractivity contribution in [2.45, 2.75) is 25.0 Å². The van der Waals surface area contributed by atoms with Gasteiger partial charge in [-0.15, -0.1) is 10.2 Å². The molecule has 0 saturated heterocycles. The van der Waals surface area contributed by atoms with Gasteiger partial charge in [0.25, 0.3) is 0 Å². The van der Waals surface area contributed by atoms with Crippen LogP contribution in [0.1, 0.15) is 17.0 Å². The minimum absolute atomic E-state index is 0.0697. The minimum atomic E-state index is -0.0697. The van der Waals surface area contributed by atoms with Crippen molar-refractivity contribution in [2.75, 3.05) is 24.8 Å². The summed E-state index contributed by atoms with van der Waals surface area (Å²) in [4.78, 5) is 12.3. The molecule has 0 aliphatic carbocycles. The summed E-state index contributed by atoms with van der Waals surface area (Å²) in [6.45, 7) is 3.22. The maximum absolute atomic E-state index is 12.3. The summed E-state index contributed by atoms with van der Waals surface area (Å²) < 4.78 is 7.25. The Balaban J connectivity index is 1.65. The fourth-order valence-corrected chi connectivity index (χ4v) is 3.49. The molecule has 6 nitrogen and oxygen atoms in total. The van der Waals surface area contributed by atoms with Crippen LogP contribution >= 0.6 is 11.8 Å². The van der Waals surface area contributed by atoms with E-state index in [0.29, 0.717) is 19.6 Å². The lowest BCUT2D eigenvalue weighted by Crippen LogP contribution is -2.15. The number of rotatable bonds is 9. The molecule has 7 heteroatoms. The minimum Gasteiger partial charge on any atom is -0.383 e. The number of hydrogen-bond acceptors (Lipinski definition) is 5. The number of amides is 1. The highest BCUT2D eigenvalue weighted by atomic mass is 32.2. The van der Waals surface area contributed by atoms with Crippen molar-refractivity contribution in [1.29, 1.82) is 0 Å². The van der Waals surface area contributed by atoms with E-state index >= 15 is 0 Å². The Bertz CT molecular complexity index is 895. The fraction of sp³-hybridized carbons (Fsp3) is 0.286. The summed E-state index contributed by atoms with van der Waals surface area (Å²) in [5.74, 6) is 1.06. The molecule has 0 atom stereocenters. The number of aromatic nitrogens is 3. The average Bonchev–Trinajstić information content (AvgIpc) is 3.08. The lowest BCUT2D eigenvalue weighted by Gasteiger charge is -2.10. The van der Waals surface area contributed by atoms with Gasteiger partial charge in [0.05, 0.1) is 12.4 Å². The van der Waals surface area contributed by atoms with Gasteiger partial charge in [-0.1, -0.05) is 59.8 Å². The zero-order chi connectivity index (χ0) is 19.8. The number of carbonyl (C=O) groups excluding carboxylic acids is 1. The first-order valence-electron chi connectivity index (χ1n) is 9.10. The number of thioether (sulfide) groups is 1. The van der Waals surface area contributed by atoms with E-state index in [1.165, 1.54) is 17.3 Å². The first-order chi connectivity index (χ1) is 13.7. The van der Waals surface area contributed by atoms with E-state index in [1.807, 2.05) is 54.0 Å². The molecule has 0 saturated carbocycles. The molecule has 1 heterocycles. The van der Waals surface area contributed by atoms with Crippen LogP contribution in [0.15, 0.2) is 59.8 Å². The first-order valence-corrected chi connectivity index (χ1v) is 10.1. The molecule has 0 fully saturated rings. The number of benzene rings is 2. The van der Waals surface area contributed by atoms with Gasteiger partial charge in [0.2, 0.25) is 5.91 Å². The number of methoxy groups -OCH3 is 1. The smallest absolute Gasteiger partial charge is 0.234 e. The van der Waals surface area contributed by atoms with Gasteiger partial charge < -0.3 is 14.6 Å². The molecule has 28 heavy (non-hydrogen) atoms. The summed E-state index contributed by atoms with van der Waals surface area (Å²) in [5, 5.41) is 12.3. The summed E-state index contributed by atoms with van der Waals surface area (Å²) in [6, 6.07) is 17.9. The van der Waals surface area contributed by atoms with Crippen molar-refractivity contribution in [3.63, 3.8) is 0 Å². The number of carbonyl (C=O) groups is 1. The van der Waals surface area contributed by atoms with Gasteiger partial charge in [-0.05, 0) is 24.6 Å². The number of hydrogen-bond donors (Lipinski definition) is 1. The SMILES string of the molecule is COCCn1c(Cc2ccccc2)nnc1SCC(=O)Nc1ccc(C)cc1. The molecule has 2 aromatic carbocycles. The second kappa shape index (κ2) is 10.1. The summed E-state index contributed by atoms with van der Waals surface area (Å²) in [5.41, 5.74) is 3.12. The molecule has 0 radical (unpaired) electrons. The van der Waals surface area contributed by atoms with E-state index in [4.69, 9.17) is 4.74 Å². The van der Waals surface area contributed by atoms with Gasteiger partial charge in [-0.3, -0.25) is 4.79 Å². The van der Waals surface area contributed by atoms with Crippen molar-refractivity contribution < 1.29 is 9.53 Å². The second-order valence-corrected chi connectivity index (χ2v) is 7.35. The summed E-state index contributed by atoms with van der Waals surface area (Å²) >= 11 is 1.38. The highest BCUT2D eigenvalue weighted by Crippen LogP contribution is 2.19. The van der Waals surface area contributed by atoms with Crippen LogP contribution in [0.25, 0.3) is 0 Å². The Hall–Kier alpha value is -2.64. The summed E-state index contributed by atoms with van der Waals surface area (Å²) in [6.07, 6.45) is 0.688. The van der Waals surface area contributed by atoms with E-state index in [-0.39, 0.29) is 11.7 Å². The molecule has 146 valence electrons. The van der Waals surface area contributed by atoms with Crippen molar-refractivity contribution >= 4 is 23.4 Å². The monoisotopic (exact) mass is 396 g/mol. The Morgan fingerprint density at radius 3 is 2.57 bits per heavy atom. The Kier molecular flexibility index (Phi) is 7.22. The number of ether oxygens (including phenoxy) is 1. The molecule has 3 rings (SSSR count). The predicted octanol–water partition coefficient (Wildman–Crippen LogP) is 3.55. The Labute approximate surface area is 169 Å². The molecule has 0 aliphatic heterocycles. The van der Waals surface area contributed by atoms with Crippen LogP contribution in [0.3, 0.4) is 0 Å². The molecule has 1 aromatic heterocycles. The molecule has 1 amide bonds. The van der Waals surface area contributed by atoms with E-state index in [9.17, 15) is 4.79 Å². The van der Waals surface area contributed by atoms with Gasteiger partial charge in [-0.25, -0.2) is 0 Å². The standard InChI is InChI=1S/C21H24N4O2S/c1-16-8-10-18(11-9-16)22-20(26)15-28-21-24-23-19(25(21)12-13-27-2)14-17-6-4-3-5-7-17/h3-11H,12-15H2,1-2H3,(H,22,26). The van der Waals surface area contributed by atoms with Crippen LogP contribution in [0, 0.1) is 6.92 Å². The van der Waals surface area contributed by atoms with Gasteiger partial charge in [0.15, 0.2) is 5.16 Å². The van der Waals surface area contributed by atoms with Crippen molar-refractivity contribution in [2.24, 2.45) is 0 Å². The van der Waals surface area contributed by atoms with Crippen LogP contribution < -0.4 is 5.32 Å². The lowest BCUT2D eigenvalue weighted by molar-refractivity contribution is -0.113. The van der Waals surface area contributed by atoms with Crippen LogP contribution in [0.2, 0.25) is 0 Å². The molecule has 0 spiro atoms. The molecule has 3 aromatic rings. The maximum Gasteiger partial charge on any atom is 0.234 e. The molecule has 0 aliphatic rings. The summed E-state index contributed by atoms with van der Waals surface area (Å²) in [7, 11) is 1.67. The Morgan fingerprint density at radius 2 is 1.86 bits per heavy atom. The normalized spacial score (nSPS) is 10.8. The molecular formula is C21H24N4O2S. The number of nitrogens with zero attached hydrogens (tertiary/aromatic N) is 3. The van der Waals surface area contributed by atoms with Crippen LogP contribution in [0.4, 0.5) is 5.69 Å². The largest absolute Gasteiger partial charge is 0.383 e. The van der Waals surface area contributed by atoms with Crippen LogP contribution in [-0.2, 0) is 22.5 Å². The van der Waals surface area contributed by atoms with Crippen LogP contribution in [0.5, 0.6) is 0 Å². The van der Waals surface area contributed by atoms with E-state index in [0.717, 1.165) is 22.2 Å². The van der Waals surface area contributed by atoms with E-state index in [1.54, 1.807) is 7.11 Å². The van der Waals surface area contributed by atoms with Gasteiger partial charge in [0.1, 0.15) is 5.82 Å². The quantitative estimate of drug-likeness (QED) is 0.560. The van der Waals surface area contributed by atoms with Gasteiger partial charge in [0, 0.05) is 25.8 Å². The highest BCUT2D eigenvalue weighted by Gasteiger charge is 2.14. The van der Waals surface area contributed by atoms with Crippen molar-refractivity contribution in [3.8, 4) is 0 Å². The van der Waals surface area contributed by atoms with Crippen LogP contribution in [-0.4, -0.2) is 40.1 Å². The van der Waals surface area contributed by atoms with E-state index in [2.05, 4.69) is 27.6 Å². The number of anilines is 1. The van der Waals surface area contributed by atoms with E-state index < -0.39 is 0 Å². The molecule has 1 N–H and O–H groups in total. The average molecular weight is 397 g/mol. The number of aryl methyl sites for hydroxylation is 1. The predicted molar refractivity (Wildman–Crippen MR) is 112 cm³/mol. The number of nitrogens with one attached hydrogen (secondary N) is 1. The molecule has 0 unspecified atom stereocenters.